The molecule has 0 aromatic heterocycles. The average Bonchev–Trinajstić information content (AvgIpc) is 2.65. The number of nitrogens with one attached hydrogen (secondary N) is 1. The molecule has 0 saturated carbocycles. The number of anilines is 1. The van der Waals surface area contributed by atoms with Gasteiger partial charge in [-0.2, -0.15) is 12.6 Å². The Labute approximate surface area is 151 Å². The Hall–Kier alpha value is -2.57. The van der Waals surface area contributed by atoms with Crippen molar-refractivity contribution in [3.63, 3.8) is 0 Å². The normalized spacial score (nSPS) is 17.0. The lowest BCUT2D eigenvalue weighted by Crippen LogP contribution is -2.55. The highest BCUT2D eigenvalue weighted by Crippen LogP contribution is 2.29. The number of hydrogen-bond donors (Lipinski definition) is 3. The van der Waals surface area contributed by atoms with Crippen molar-refractivity contribution in [1.82, 2.24) is 5.32 Å². The number of carbonyl (C=O) groups excluding carboxylic acids is 1. The van der Waals surface area contributed by atoms with Crippen molar-refractivity contribution < 1.29 is 14.7 Å². The molecule has 3 rings (SSSR count). The predicted octanol–water partition coefficient (Wildman–Crippen LogP) is 2.66. The fraction of sp³-hybridized carbons (Fsp3) is 0.158. The maximum atomic E-state index is 13.1. The van der Waals surface area contributed by atoms with Crippen LogP contribution in [0.25, 0.3) is 6.08 Å². The highest BCUT2D eigenvalue weighted by molar-refractivity contribution is 7.80. The smallest absolute Gasteiger partial charge is 0.321 e. The van der Waals surface area contributed by atoms with Gasteiger partial charge in [0, 0.05) is 11.3 Å². The molecule has 0 saturated heterocycles. The first-order valence-electron chi connectivity index (χ1n) is 7.87. The Morgan fingerprint density at radius 2 is 1.80 bits per heavy atom. The van der Waals surface area contributed by atoms with Crippen molar-refractivity contribution in [2.24, 2.45) is 0 Å². The van der Waals surface area contributed by atoms with Crippen LogP contribution in [0.5, 0.6) is 0 Å². The Balaban J connectivity index is 2.00. The number of carboxylic acids is 1. The molecule has 5 nitrogen and oxygen atoms in total. The van der Waals surface area contributed by atoms with E-state index in [1.807, 2.05) is 36.4 Å². The molecule has 0 spiro atoms. The molecule has 1 aliphatic heterocycles. The van der Waals surface area contributed by atoms with E-state index >= 15 is 0 Å². The van der Waals surface area contributed by atoms with Crippen LogP contribution in [-0.4, -0.2) is 34.9 Å². The van der Waals surface area contributed by atoms with Gasteiger partial charge >= 0.3 is 5.97 Å². The second-order valence-electron chi connectivity index (χ2n) is 5.64. The summed E-state index contributed by atoms with van der Waals surface area (Å²) < 4.78 is 0. The quantitative estimate of drug-likeness (QED) is 0.722. The van der Waals surface area contributed by atoms with E-state index < -0.39 is 18.2 Å². The molecule has 1 heterocycles. The molecule has 0 aliphatic carbocycles. The standard InChI is InChI=1S/C19H18N2O3S/c22-18(14-7-2-1-3-8-14)21-16-9-5-4-6-13(16)10-11-17(21)20-15(12-25)19(23)24/h1-11,15,17,20,25H,12H2,(H,23,24)/t15?,17-/m0/s1. The maximum absolute atomic E-state index is 13.1. The Bertz CT molecular complexity index is 807. The third kappa shape index (κ3) is 3.60. The molecule has 1 aliphatic rings. The van der Waals surface area contributed by atoms with E-state index in [2.05, 4.69) is 17.9 Å². The van der Waals surface area contributed by atoms with E-state index in [1.165, 1.54) is 0 Å². The summed E-state index contributed by atoms with van der Waals surface area (Å²) in [5.41, 5.74) is 2.18. The molecule has 6 heteroatoms. The van der Waals surface area contributed by atoms with Crippen LogP contribution in [0.4, 0.5) is 5.69 Å². The monoisotopic (exact) mass is 354 g/mol. The van der Waals surface area contributed by atoms with Crippen molar-refractivity contribution in [1.29, 1.82) is 0 Å². The van der Waals surface area contributed by atoms with Crippen molar-refractivity contribution in [3.05, 3.63) is 71.8 Å². The molecule has 2 atom stereocenters. The predicted molar refractivity (Wildman–Crippen MR) is 101 cm³/mol. The van der Waals surface area contributed by atoms with Crippen LogP contribution in [0.1, 0.15) is 15.9 Å². The average molecular weight is 354 g/mol. The highest BCUT2D eigenvalue weighted by atomic mass is 32.1. The summed E-state index contributed by atoms with van der Waals surface area (Å²) in [6, 6.07) is 15.6. The number of para-hydroxylation sites is 1. The molecule has 25 heavy (non-hydrogen) atoms. The van der Waals surface area contributed by atoms with Gasteiger partial charge in [-0.1, -0.05) is 42.5 Å². The molecule has 0 fully saturated rings. The molecule has 2 aromatic rings. The van der Waals surface area contributed by atoms with E-state index in [4.69, 9.17) is 0 Å². The van der Waals surface area contributed by atoms with Crippen LogP contribution in [0.15, 0.2) is 60.7 Å². The first-order valence-corrected chi connectivity index (χ1v) is 8.50. The minimum Gasteiger partial charge on any atom is -0.480 e. The number of fused-ring (bicyclic) bond motifs is 1. The first kappa shape index (κ1) is 17.3. The summed E-state index contributed by atoms with van der Waals surface area (Å²) in [4.78, 5) is 26.0. The SMILES string of the molecule is O=C(O)C(CS)N[C@@H]1C=Cc2ccccc2N1C(=O)c1ccccc1. The van der Waals surface area contributed by atoms with Crippen LogP contribution in [0.2, 0.25) is 0 Å². The summed E-state index contributed by atoms with van der Waals surface area (Å²) in [5.74, 6) is -1.08. The Morgan fingerprint density at radius 1 is 1.12 bits per heavy atom. The lowest BCUT2D eigenvalue weighted by molar-refractivity contribution is -0.138. The Kier molecular flexibility index (Phi) is 5.21. The van der Waals surface area contributed by atoms with Gasteiger partial charge in [0.2, 0.25) is 0 Å². The van der Waals surface area contributed by atoms with E-state index in [1.54, 1.807) is 35.2 Å². The van der Waals surface area contributed by atoms with Crippen molar-refractivity contribution in [2.45, 2.75) is 12.2 Å². The van der Waals surface area contributed by atoms with Crippen molar-refractivity contribution in [3.8, 4) is 0 Å². The van der Waals surface area contributed by atoms with Crippen LogP contribution in [-0.2, 0) is 4.79 Å². The summed E-state index contributed by atoms with van der Waals surface area (Å²) in [6.07, 6.45) is 3.11. The number of carboxylic acid groups (broad SMARTS) is 1. The minimum atomic E-state index is -1.01. The number of hydrogen-bond acceptors (Lipinski definition) is 4. The summed E-state index contributed by atoms with van der Waals surface area (Å²) in [6.45, 7) is 0. The van der Waals surface area contributed by atoms with Gasteiger partial charge in [0.1, 0.15) is 12.2 Å². The fourth-order valence-corrected chi connectivity index (χ4v) is 3.03. The third-order valence-corrected chi connectivity index (χ3v) is 4.39. The van der Waals surface area contributed by atoms with Gasteiger partial charge in [-0.15, -0.1) is 0 Å². The van der Waals surface area contributed by atoms with Crippen LogP contribution >= 0.6 is 12.6 Å². The molecule has 2 N–H and O–H groups in total. The van der Waals surface area contributed by atoms with E-state index in [0.29, 0.717) is 5.56 Å². The molecule has 2 aromatic carbocycles. The molecular formula is C19H18N2O3S. The number of carbonyl (C=O) groups is 2. The second kappa shape index (κ2) is 7.55. The summed E-state index contributed by atoms with van der Waals surface area (Å²) >= 11 is 4.09. The maximum Gasteiger partial charge on any atom is 0.321 e. The molecule has 0 bridgehead atoms. The number of rotatable bonds is 5. The van der Waals surface area contributed by atoms with Crippen molar-refractivity contribution >= 4 is 36.3 Å². The number of amides is 1. The van der Waals surface area contributed by atoms with E-state index in [0.717, 1.165) is 11.3 Å². The van der Waals surface area contributed by atoms with Gasteiger partial charge in [-0.25, -0.2) is 0 Å². The molecule has 1 amide bonds. The topological polar surface area (TPSA) is 69.6 Å². The van der Waals surface area contributed by atoms with Gasteiger partial charge in [-0.3, -0.25) is 19.8 Å². The van der Waals surface area contributed by atoms with Gasteiger partial charge in [0.05, 0.1) is 5.69 Å². The van der Waals surface area contributed by atoms with Gasteiger partial charge in [0.25, 0.3) is 5.91 Å². The summed E-state index contributed by atoms with van der Waals surface area (Å²) in [7, 11) is 0. The van der Waals surface area contributed by atoms with Crippen LogP contribution in [0.3, 0.4) is 0 Å². The number of nitrogens with zero attached hydrogens (tertiary/aromatic N) is 1. The Morgan fingerprint density at radius 3 is 2.48 bits per heavy atom. The van der Waals surface area contributed by atoms with Gasteiger partial charge in [-0.05, 0) is 29.8 Å². The zero-order valence-electron chi connectivity index (χ0n) is 13.4. The lowest BCUT2D eigenvalue weighted by Gasteiger charge is -2.35. The minimum absolute atomic E-state index is 0.120. The summed E-state index contributed by atoms with van der Waals surface area (Å²) in [5, 5.41) is 12.3. The molecule has 0 radical (unpaired) electrons. The largest absolute Gasteiger partial charge is 0.480 e. The van der Waals surface area contributed by atoms with Gasteiger partial charge in [0.15, 0.2) is 0 Å². The fourth-order valence-electron chi connectivity index (χ4n) is 2.77. The van der Waals surface area contributed by atoms with Crippen LogP contribution in [0, 0.1) is 0 Å². The molecule has 128 valence electrons. The molecular weight excluding hydrogens is 336 g/mol. The number of benzene rings is 2. The lowest BCUT2D eigenvalue weighted by atomic mass is 10.0. The number of thiol groups is 1. The van der Waals surface area contributed by atoms with Crippen LogP contribution < -0.4 is 10.2 Å². The third-order valence-electron chi connectivity index (χ3n) is 4.02. The zero-order valence-corrected chi connectivity index (χ0v) is 14.3. The van der Waals surface area contributed by atoms with Gasteiger partial charge < -0.3 is 5.11 Å². The van der Waals surface area contributed by atoms with Crippen molar-refractivity contribution in [2.75, 3.05) is 10.7 Å². The van der Waals surface area contributed by atoms with E-state index in [9.17, 15) is 14.7 Å². The van der Waals surface area contributed by atoms with E-state index in [-0.39, 0.29) is 11.7 Å². The first-order chi connectivity index (χ1) is 12.1. The molecule has 1 unspecified atom stereocenters. The highest BCUT2D eigenvalue weighted by Gasteiger charge is 2.31. The number of aliphatic carboxylic acids is 1. The second-order valence-corrected chi connectivity index (χ2v) is 6.01. The zero-order chi connectivity index (χ0) is 17.8.